The van der Waals surface area contributed by atoms with Crippen molar-refractivity contribution in [2.75, 3.05) is 0 Å². The Morgan fingerprint density at radius 2 is 2.21 bits per heavy atom. The van der Waals surface area contributed by atoms with Crippen LogP contribution >= 0.6 is 0 Å². The monoisotopic (exact) mass is 195 g/mol. The van der Waals surface area contributed by atoms with E-state index in [0.29, 0.717) is 5.92 Å². The molecular formula is C11H21N3. The molecule has 1 heterocycles. The highest BCUT2D eigenvalue weighted by Crippen LogP contribution is 2.06. The van der Waals surface area contributed by atoms with Gasteiger partial charge in [-0.05, 0) is 12.3 Å². The van der Waals surface area contributed by atoms with Gasteiger partial charge >= 0.3 is 0 Å². The van der Waals surface area contributed by atoms with Crippen LogP contribution in [0, 0.1) is 5.92 Å². The first-order valence-electron chi connectivity index (χ1n) is 5.39. The first-order chi connectivity index (χ1) is 6.63. The van der Waals surface area contributed by atoms with Crippen LogP contribution in [0.1, 0.15) is 33.0 Å². The number of rotatable bonds is 5. The number of imidazole rings is 1. The Labute approximate surface area is 86.3 Å². The molecule has 1 atom stereocenters. The van der Waals surface area contributed by atoms with Gasteiger partial charge in [0.05, 0.1) is 0 Å². The summed E-state index contributed by atoms with van der Waals surface area (Å²) in [5.74, 6) is 1.77. The van der Waals surface area contributed by atoms with Crippen molar-refractivity contribution in [1.82, 2.24) is 9.55 Å². The molecule has 3 nitrogen and oxygen atoms in total. The third-order valence-electron chi connectivity index (χ3n) is 2.33. The quantitative estimate of drug-likeness (QED) is 0.779. The molecule has 0 fully saturated rings. The van der Waals surface area contributed by atoms with Gasteiger partial charge in [-0.3, -0.25) is 0 Å². The summed E-state index contributed by atoms with van der Waals surface area (Å²) >= 11 is 0. The topological polar surface area (TPSA) is 43.8 Å². The van der Waals surface area contributed by atoms with Crippen LogP contribution in [0.5, 0.6) is 0 Å². The summed E-state index contributed by atoms with van der Waals surface area (Å²) in [7, 11) is 0. The molecule has 0 saturated carbocycles. The Morgan fingerprint density at radius 3 is 2.79 bits per heavy atom. The van der Waals surface area contributed by atoms with E-state index in [2.05, 4.69) is 30.3 Å². The Morgan fingerprint density at radius 1 is 1.50 bits per heavy atom. The van der Waals surface area contributed by atoms with Crippen LogP contribution in [0.15, 0.2) is 12.4 Å². The predicted octanol–water partition coefficient (Wildman–Crippen LogP) is 1.82. The third kappa shape index (κ3) is 3.14. The molecule has 0 radical (unpaired) electrons. The van der Waals surface area contributed by atoms with Crippen molar-refractivity contribution >= 4 is 0 Å². The van der Waals surface area contributed by atoms with Gasteiger partial charge in [-0.1, -0.05) is 20.8 Å². The van der Waals surface area contributed by atoms with Crippen molar-refractivity contribution in [1.29, 1.82) is 0 Å². The van der Waals surface area contributed by atoms with Crippen molar-refractivity contribution < 1.29 is 0 Å². The average Bonchev–Trinajstić information content (AvgIpc) is 2.52. The van der Waals surface area contributed by atoms with Crippen LogP contribution in [0.25, 0.3) is 0 Å². The molecule has 1 rings (SSSR count). The number of nitrogens with zero attached hydrogens (tertiary/aromatic N) is 2. The van der Waals surface area contributed by atoms with Crippen molar-refractivity contribution in [2.24, 2.45) is 11.7 Å². The van der Waals surface area contributed by atoms with E-state index in [1.807, 2.05) is 12.4 Å². The Hall–Kier alpha value is -0.830. The standard InChI is InChI=1S/C11H21N3/c1-4-10(12)7-11-13-5-6-14(11)8-9(2)3/h5-6,9-10H,4,7-8,12H2,1-3H3. The lowest BCUT2D eigenvalue weighted by molar-refractivity contribution is 0.494. The second-order valence-electron chi connectivity index (χ2n) is 4.26. The minimum absolute atomic E-state index is 0.239. The van der Waals surface area contributed by atoms with Crippen molar-refractivity contribution in [3.05, 3.63) is 18.2 Å². The minimum Gasteiger partial charge on any atom is -0.335 e. The molecule has 1 aromatic heterocycles. The van der Waals surface area contributed by atoms with Gasteiger partial charge in [0.1, 0.15) is 5.82 Å². The first-order valence-corrected chi connectivity index (χ1v) is 5.39. The largest absolute Gasteiger partial charge is 0.335 e. The van der Waals surface area contributed by atoms with Gasteiger partial charge in [-0.2, -0.15) is 0 Å². The molecule has 0 spiro atoms. The maximum absolute atomic E-state index is 5.91. The van der Waals surface area contributed by atoms with Crippen molar-refractivity contribution in [2.45, 2.75) is 46.2 Å². The van der Waals surface area contributed by atoms with E-state index in [4.69, 9.17) is 5.73 Å². The molecule has 0 saturated heterocycles. The fourth-order valence-electron chi connectivity index (χ4n) is 1.47. The SMILES string of the molecule is CCC(N)Cc1nccn1CC(C)C. The average molecular weight is 195 g/mol. The second-order valence-corrected chi connectivity index (χ2v) is 4.26. The zero-order valence-corrected chi connectivity index (χ0v) is 9.40. The highest BCUT2D eigenvalue weighted by Gasteiger charge is 2.08. The fraction of sp³-hybridized carbons (Fsp3) is 0.727. The summed E-state index contributed by atoms with van der Waals surface area (Å²) in [4.78, 5) is 4.34. The van der Waals surface area contributed by atoms with E-state index in [-0.39, 0.29) is 6.04 Å². The molecule has 0 aromatic carbocycles. The highest BCUT2D eigenvalue weighted by molar-refractivity contribution is 4.95. The molecule has 14 heavy (non-hydrogen) atoms. The Kier molecular flexibility index (Phi) is 4.14. The van der Waals surface area contributed by atoms with Gasteiger partial charge in [0.2, 0.25) is 0 Å². The molecule has 1 aromatic rings. The van der Waals surface area contributed by atoms with E-state index >= 15 is 0 Å². The number of nitrogens with two attached hydrogens (primary N) is 1. The van der Waals surface area contributed by atoms with Crippen LogP contribution in [0.3, 0.4) is 0 Å². The minimum atomic E-state index is 0.239. The van der Waals surface area contributed by atoms with Gasteiger partial charge in [0, 0.05) is 31.4 Å². The molecule has 80 valence electrons. The molecule has 1 unspecified atom stereocenters. The lowest BCUT2D eigenvalue weighted by Crippen LogP contribution is -2.24. The number of hydrogen-bond donors (Lipinski definition) is 1. The molecular weight excluding hydrogens is 174 g/mol. The van der Waals surface area contributed by atoms with Crippen molar-refractivity contribution in [3.8, 4) is 0 Å². The van der Waals surface area contributed by atoms with Crippen LogP contribution < -0.4 is 5.73 Å². The summed E-state index contributed by atoms with van der Waals surface area (Å²) in [5, 5.41) is 0. The van der Waals surface area contributed by atoms with E-state index in [9.17, 15) is 0 Å². The maximum Gasteiger partial charge on any atom is 0.110 e. The van der Waals surface area contributed by atoms with Crippen LogP contribution in [0.4, 0.5) is 0 Å². The summed E-state index contributed by atoms with van der Waals surface area (Å²) < 4.78 is 2.21. The van der Waals surface area contributed by atoms with E-state index in [1.165, 1.54) is 0 Å². The molecule has 0 aliphatic carbocycles. The van der Waals surface area contributed by atoms with Gasteiger partial charge in [-0.25, -0.2) is 4.98 Å². The lowest BCUT2D eigenvalue weighted by atomic mass is 10.1. The number of aromatic nitrogens is 2. The number of hydrogen-bond acceptors (Lipinski definition) is 2. The van der Waals surface area contributed by atoms with Gasteiger partial charge in [-0.15, -0.1) is 0 Å². The molecule has 0 aliphatic rings. The van der Waals surface area contributed by atoms with E-state index in [0.717, 1.165) is 25.2 Å². The normalized spacial score (nSPS) is 13.5. The van der Waals surface area contributed by atoms with E-state index < -0.39 is 0 Å². The first kappa shape index (κ1) is 11.2. The lowest BCUT2D eigenvalue weighted by Gasteiger charge is -2.12. The van der Waals surface area contributed by atoms with Crippen molar-refractivity contribution in [3.63, 3.8) is 0 Å². The van der Waals surface area contributed by atoms with Crippen LogP contribution in [-0.4, -0.2) is 15.6 Å². The van der Waals surface area contributed by atoms with Crippen LogP contribution in [-0.2, 0) is 13.0 Å². The smallest absolute Gasteiger partial charge is 0.110 e. The second kappa shape index (κ2) is 5.15. The van der Waals surface area contributed by atoms with Gasteiger partial charge < -0.3 is 10.3 Å². The predicted molar refractivity (Wildman–Crippen MR) is 59.0 cm³/mol. The summed E-state index contributed by atoms with van der Waals surface area (Å²) in [6.07, 6.45) is 5.79. The summed E-state index contributed by atoms with van der Waals surface area (Å²) in [5.41, 5.74) is 5.91. The van der Waals surface area contributed by atoms with Crippen LogP contribution in [0.2, 0.25) is 0 Å². The fourth-order valence-corrected chi connectivity index (χ4v) is 1.47. The van der Waals surface area contributed by atoms with E-state index in [1.54, 1.807) is 0 Å². The molecule has 0 aliphatic heterocycles. The molecule has 0 amide bonds. The van der Waals surface area contributed by atoms with Gasteiger partial charge in [0.15, 0.2) is 0 Å². The summed E-state index contributed by atoms with van der Waals surface area (Å²) in [6, 6.07) is 0.239. The van der Waals surface area contributed by atoms with Gasteiger partial charge in [0.25, 0.3) is 0 Å². The molecule has 3 heteroatoms. The summed E-state index contributed by atoms with van der Waals surface area (Å²) in [6.45, 7) is 7.57. The maximum atomic E-state index is 5.91. The molecule has 2 N–H and O–H groups in total. The highest BCUT2D eigenvalue weighted by atomic mass is 15.1. The molecule has 0 bridgehead atoms. The third-order valence-corrected chi connectivity index (χ3v) is 2.33. The Balaban J connectivity index is 2.62. The Bertz CT molecular complexity index is 265. The zero-order valence-electron chi connectivity index (χ0n) is 9.40. The zero-order chi connectivity index (χ0) is 10.6.